The Morgan fingerprint density at radius 2 is 1.87 bits per heavy atom. The summed E-state index contributed by atoms with van der Waals surface area (Å²) in [6, 6.07) is 15.7. The van der Waals surface area contributed by atoms with Crippen LogP contribution in [-0.2, 0) is 14.8 Å². The highest BCUT2D eigenvalue weighted by Crippen LogP contribution is 2.40. The summed E-state index contributed by atoms with van der Waals surface area (Å²) in [5.41, 5.74) is 1.75. The van der Waals surface area contributed by atoms with E-state index in [1.807, 2.05) is 41.9 Å². The quantitative estimate of drug-likeness (QED) is 0.502. The molecule has 1 unspecified atom stereocenters. The molecule has 3 N–H and O–H groups in total. The number of carbonyl (C=O) groups excluding carboxylic acids is 1. The molecule has 3 aromatic rings. The molecule has 10 heteroatoms. The standard InChI is InChI=1S/C21H23N5O3S2/c1-14(15-9-11-18(12-10-15)31(22,28)29)23-19(27)13-30-21-24-20(16-7-8-16)26(25-21)17-5-3-2-4-6-17/h2-6,9-12,14,16H,7-8,13H2,1H3,(H,23,27)(H2,22,28,29). The van der Waals surface area contributed by atoms with Gasteiger partial charge in [0, 0.05) is 5.92 Å². The molecule has 0 aliphatic heterocycles. The zero-order valence-electron chi connectivity index (χ0n) is 16.9. The van der Waals surface area contributed by atoms with Crippen molar-refractivity contribution < 1.29 is 13.2 Å². The molecule has 162 valence electrons. The van der Waals surface area contributed by atoms with Crippen molar-refractivity contribution in [2.75, 3.05) is 5.75 Å². The molecular weight excluding hydrogens is 434 g/mol. The number of nitrogens with two attached hydrogens (primary N) is 1. The van der Waals surface area contributed by atoms with Gasteiger partial charge in [0.25, 0.3) is 0 Å². The van der Waals surface area contributed by atoms with Crippen molar-refractivity contribution >= 4 is 27.7 Å². The van der Waals surface area contributed by atoms with E-state index in [1.165, 1.54) is 23.9 Å². The first-order valence-electron chi connectivity index (χ1n) is 9.88. The summed E-state index contributed by atoms with van der Waals surface area (Å²) in [7, 11) is -3.74. The van der Waals surface area contributed by atoms with E-state index in [0.29, 0.717) is 11.1 Å². The monoisotopic (exact) mass is 457 g/mol. The first-order chi connectivity index (χ1) is 14.8. The van der Waals surface area contributed by atoms with Crippen LogP contribution in [0.25, 0.3) is 5.69 Å². The number of carbonyl (C=O) groups is 1. The second kappa shape index (κ2) is 8.81. The molecule has 1 saturated carbocycles. The van der Waals surface area contributed by atoms with Crippen molar-refractivity contribution in [2.24, 2.45) is 5.14 Å². The third-order valence-electron chi connectivity index (χ3n) is 4.97. The highest BCUT2D eigenvalue weighted by molar-refractivity contribution is 7.99. The topological polar surface area (TPSA) is 120 Å². The number of benzene rings is 2. The number of amides is 1. The van der Waals surface area contributed by atoms with Gasteiger partial charge in [-0.05, 0) is 49.6 Å². The van der Waals surface area contributed by atoms with Gasteiger partial charge in [-0.25, -0.2) is 23.2 Å². The van der Waals surface area contributed by atoms with Crippen molar-refractivity contribution in [2.45, 2.75) is 41.8 Å². The number of thioether (sulfide) groups is 1. The summed E-state index contributed by atoms with van der Waals surface area (Å²) in [6.07, 6.45) is 2.22. The smallest absolute Gasteiger partial charge is 0.238 e. The predicted molar refractivity (Wildman–Crippen MR) is 118 cm³/mol. The van der Waals surface area contributed by atoms with Crippen LogP contribution >= 0.6 is 11.8 Å². The zero-order chi connectivity index (χ0) is 22.0. The predicted octanol–water partition coefficient (Wildman–Crippen LogP) is 2.76. The zero-order valence-corrected chi connectivity index (χ0v) is 18.6. The number of hydrogen-bond donors (Lipinski definition) is 2. The summed E-state index contributed by atoms with van der Waals surface area (Å²) in [5.74, 6) is 1.40. The Bertz CT molecular complexity index is 1170. The Hall–Kier alpha value is -2.69. The molecule has 0 saturated heterocycles. The third kappa shape index (κ3) is 5.33. The van der Waals surface area contributed by atoms with Gasteiger partial charge in [-0.2, -0.15) is 0 Å². The molecule has 1 heterocycles. The van der Waals surface area contributed by atoms with Crippen LogP contribution in [-0.4, -0.2) is 34.8 Å². The summed E-state index contributed by atoms with van der Waals surface area (Å²) >= 11 is 1.30. The molecule has 0 bridgehead atoms. The number of sulfonamides is 1. The average molecular weight is 458 g/mol. The summed E-state index contributed by atoms with van der Waals surface area (Å²) < 4.78 is 24.6. The Morgan fingerprint density at radius 1 is 1.19 bits per heavy atom. The maximum Gasteiger partial charge on any atom is 0.238 e. The minimum absolute atomic E-state index is 0.0388. The first kappa shape index (κ1) is 21.5. The Kier molecular flexibility index (Phi) is 6.12. The fourth-order valence-corrected chi connectivity index (χ4v) is 4.33. The van der Waals surface area contributed by atoms with Crippen molar-refractivity contribution in [3.8, 4) is 5.69 Å². The van der Waals surface area contributed by atoms with Crippen LogP contribution in [0.1, 0.15) is 43.1 Å². The second-order valence-corrected chi connectivity index (χ2v) is 9.97. The highest BCUT2D eigenvalue weighted by atomic mass is 32.2. The van der Waals surface area contributed by atoms with Gasteiger partial charge >= 0.3 is 0 Å². The molecule has 1 aliphatic carbocycles. The molecular formula is C21H23N5O3S2. The van der Waals surface area contributed by atoms with Gasteiger partial charge in [-0.1, -0.05) is 42.1 Å². The molecule has 4 rings (SSSR count). The number of para-hydroxylation sites is 1. The molecule has 2 aromatic carbocycles. The first-order valence-corrected chi connectivity index (χ1v) is 12.4. The van der Waals surface area contributed by atoms with Crippen LogP contribution in [0.5, 0.6) is 0 Å². The van der Waals surface area contributed by atoms with Crippen molar-refractivity contribution in [1.29, 1.82) is 0 Å². The van der Waals surface area contributed by atoms with Gasteiger partial charge in [0.2, 0.25) is 21.1 Å². The Morgan fingerprint density at radius 3 is 2.48 bits per heavy atom. The number of nitrogens with zero attached hydrogens (tertiary/aromatic N) is 3. The molecule has 0 radical (unpaired) electrons. The van der Waals surface area contributed by atoms with E-state index in [2.05, 4.69) is 15.4 Å². The van der Waals surface area contributed by atoms with E-state index in [9.17, 15) is 13.2 Å². The number of rotatable bonds is 8. The van der Waals surface area contributed by atoms with E-state index >= 15 is 0 Å². The lowest BCUT2D eigenvalue weighted by atomic mass is 10.1. The SMILES string of the molecule is CC(NC(=O)CSc1nc(C2CC2)n(-c2ccccc2)n1)c1ccc(S(N)(=O)=O)cc1. The van der Waals surface area contributed by atoms with E-state index in [0.717, 1.165) is 29.9 Å². The summed E-state index contributed by atoms with van der Waals surface area (Å²) in [5, 5.41) is 13.2. The molecule has 1 atom stereocenters. The van der Waals surface area contributed by atoms with E-state index in [-0.39, 0.29) is 22.6 Å². The largest absolute Gasteiger partial charge is 0.349 e. The van der Waals surface area contributed by atoms with Crippen LogP contribution < -0.4 is 10.5 Å². The van der Waals surface area contributed by atoms with Crippen molar-refractivity contribution in [1.82, 2.24) is 20.1 Å². The fraction of sp³-hybridized carbons (Fsp3) is 0.286. The van der Waals surface area contributed by atoms with E-state index < -0.39 is 10.0 Å². The van der Waals surface area contributed by atoms with Gasteiger partial charge in [0.15, 0.2) is 0 Å². The second-order valence-electron chi connectivity index (χ2n) is 7.47. The number of primary sulfonamides is 1. The van der Waals surface area contributed by atoms with Gasteiger partial charge in [0.1, 0.15) is 5.82 Å². The number of aromatic nitrogens is 3. The molecule has 31 heavy (non-hydrogen) atoms. The number of hydrogen-bond acceptors (Lipinski definition) is 6. The lowest BCUT2D eigenvalue weighted by Crippen LogP contribution is -2.28. The van der Waals surface area contributed by atoms with Crippen molar-refractivity contribution in [3.63, 3.8) is 0 Å². The molecule has 1 amide bonds. The molecule has 0 spiro atoms. The molecule has 1 aliphatic rings. The van der Waals surface area contributed by atoms with Crippen LogP contribution in [0.3, 0.4) is 0 Å². The molecule has 1 aromatic heterocycles. The highest BCUT2D eigenvalue weighted by Gasteiger charge is 2.30. The molecule has 8 nitrogen and oxygen atoms in total. The van der Waals surface area contributed by atoms with Crippen LogP contribution in [0.4, 0.5) is 0 Å². The lowest BCUT2D eigenvalue weighted by Gasteiger charge is -2.14. The number of nitrogens with one attached hydrogen (secondary N) is 1. The van der Waals surface area contributed by atoms with E-state index in [1.54, 1.807) is 12.1 Å². The summed E-state index contributed by atoms with van der Waals surface area (Å²) in [4.78, 5) is 17.1. The van der Waals surface area contributed by atoms with Crippen molar-refractivity contribution in [3.05, 3.63) is 66.0 Å². The van der Waals surface area contributed by atoms with Gasteiger partial charge in [-0.15, -0.1) is 5.10 Å². The average Bonchev–Trinajstić information content (AvgIpc) is 3.51. The summed E-state index contributed by atoms with van der Waals surface area (Å²) in [6.45, 7) is 1.84. The molecule has 1 fully saturated rings. The van der Waals surface area contributed by atoms with Crippen LogP contribution in [0.15, 0.2) is 64.6 Å². The van der Waals surface area contributed by atoms with Gasteiger partial charge < -0.3 is 5.32 Å². The fourth-order valence-electron chi connectivity index (χ4n) is 3.17. The third-order valence-corrected chi connectivity index (χ3v) is 6.74. The minimum Gasteiger partial charge on any atom is -0.349 e. The van der Waals surface area contributed by atoms with E-state index in [4.69, 9.17) is 5.14 Å². The van der Waals surface area contributed by atoms with Gasteiger partial charge in [-0.3, -0.25) is 4.79 Å². The maximum atomic E-state index is 12.4. The van der Waals surface area contributed by atoms with Gasteiger partial charge in [0.05, 0.1) is 22.4 Å². The Labute approximate surface area is 185 Å². The maximum absolute atomic E-state index is 12.4. The van der Waals surface area contributed by atoms with Crippen LogP contribution in [0.2, 0.25) is 0 Å². The van der Waals surface area contributed by atoms with Crippen LogP contribution in [0, 0.1) is 0 Å². The lowest BCUT2D eigenvalue weighted by molar-refractivity contribution is -0.119. The Balaban J connectivity index is 1.38. The minimum atomic E-state index is -3.74. The normalized spacial score (nSPS) is 14.9.